The number of thioether (sulfide) groups is 1. The number of anilines is 1. The molecule has 0 aliphatic heterocycles. The van der Waals surface area contributed by atoms with Crippen LogP contribution in [0.2, 0.25) is 0 Å². The number of rotatable bonds is 6. The van der Waals surface area contributed by atoms with Crippen LogP contribution in [0.3, 0.4) is 0 Å². The molecule has 1 N–H and O–H groups in total. The highest BCUT2D eigenvalue weighted by atomic mass is 32.2. The molecular formula is C11H16N2O4S. The summed E-state index contributed by atoms with van der Waals surface area (Å²) in [7, 11) is 1.35. The van der Waals surface area contributed by atoms with E-state index in [1.807, 2.05) is 6.92 Å². The van der Waals surface area contributed by atoms with Crippen molar-refractivity contribution in [1.82, 2.24) is 5.16 Å². The van der Waals surface area contributed by atoms with Crippen molar-refractivity contribution in [2.45, 2.75) is 25.5 Å². The molecule has 0 fully saturated rings. The van der Waals surface area contributed by atoms with Crippen LogP contribution in [0.4, 0.5) is 5.88 Å². The van der Waals surface area contributed by atoms with Gasteiger partial charge in [-0.1, -0.05) is 12.1 Å². The van der Waals surface area contributed by atoms with Crippen LogP contribution in [0.25, 0.3) is 0 Å². The number of nitrogens with one attached hydrogen (secondary N) is 1. The molecule has 0 saturated heterocycles. The molecule has 1 aromatic heterocycles. The fraction of sp³-hybridized carbons (Fsp3) is 0.545. The maximum absolute atomic E-state index is 11.5. The maximum atomic E-state index is 11.5. The van der Waals surface area contributed by atoms with Gasteiger partial charge < -0.3 is 9.26 Å². The second-order valence-electron chi connectivity index (χ2n) is 3.78. The summed E-state index contributed by atoms with van der Waals surface area (Å²) in [5, 5.41) is 6.27. The van der Waals surface area contributed by atoms with Crippen molar-refractivity contribution < 1.29 is 18.8 Å². The zero-order chi connectivity index (χ0) is 13.5. The Hall–Kier alpha value is -1.50. The molecule has 1 aromatic rings. The zero-order valence-corrected chi connectivity index (χ0v) is 11.4. The molecule has 6 nitrogen and oxygen atoms in total. The van der Waals surface area contributed by atoms with Crippen molar-refractivity contribution in [2.75, 3.05) is 18.2 Å². The molecule has 1 amide bonds. The Morgan fingerprint density at radius 1 is 1.61 bits per heavy atom. The summed E-state index contributed by atoms with van der Waals surface area (Å²) in [5.74, 6) is 0.116. The van der Waals surface area contributed by atoms with Gasteiger partial charge in [0.1, 0.15) is 0 Å². The lowest BCUT2D eigenvalue weighted by Gasteiger charge is -2.08. The first kappa shape index (κ1) is 14.6. The zero-order valence-electron chi connectivity index (χ0n) is 10.6. The average Bonchev–Trinajstić information content (AvgIpc) is 2.72. The maximum Gasteiger partial charge on any atom is 0.306 e. The van der Waals surface area contributed by atoms with Crippen LogP contribution < -0.4 is 5.32 Å². The van der Waals surface area contributed by atoms with Gasteiger partial charge >= 0.3 is 5.97 Å². The van der Waals surface area contributed by atoms with E-state index in [-0.39, 0.29) is 29.3 Å². The van der Waals surface area contributed by atoms with Crippen molar-refractivity contribution in [3.05, 3.63) is 11.8 Å². The minimum Gasteiger partial charge on any atom is -0.469 e. The highest BCUT2D eigenvalue weighted by molar-refractivity contribution is 8.00. The first-order chi connectivity index (χ1) is 8.51. The van der Waals surface area contributed by atoms with Gasteiger partial charge in [-0.05, 0) is 6.92 Å². The second kappa shape index (κ2) is 7.05. The van der Waals surface area contributed by atoms with Crippen molar-refractivity contribution >= 4 is 29.5 Å². The quantitative estimate of drug-likeness (QED) is 0.792. The van der Waals surface area contributed by atoms with E-state index in [1.165, 1.54) is 18.9 Å². The summed E-state index contributed by atoms with van der Waals surface area (Å²) in [5.41, 5.74) is 0.706. The summed E-state index contributed by atoms with van der Waals surface area (Å²) in [6.07, 6.45) is 0.288. The third-order valence-corrected chi connectivity index (χ3v) is 3.24. The Bertz CT molecular complexity index is 419. The van der Waals surface area contributed by atoms with Crippen molar-refractivity contribution in [3.63, 3.8) is 0 Å². The molecule has 1 heterocycles. The lowest BCUT2D eigenvalue weighted by atomic mass is 10.3. The largest absolute Gasteiger partial charge is 0.469 e. The number of ether oxygens (including phenoxy) is 1. The molecule has 0 bridgehead atoms. The van der Waals surface area contributed by atoms with Gasteiger partial charge in [-0.25, -0.2) is 0 Å². The van der Waals surface area contributed by atoms with Gasteiger partial charge in [0.2, 0.25) is 11.8 Å². The van der Waals surface area contributed by atoms with Crippen LogP contribution in [0.15, 0.2) is 10.6 Å². The Labute approximate surface area is 109 Å². The number of aryl methyl sites for hydroxylation is 1. The molecule has 0 saturated carbocycles. The van der Waals surface area contributed by atoms with Gasteiger partial charge in [-0.3, -0.25) is 14.9 Å². The molecule has 0 aliphatic carbocycles. The van der Waals surface area contributed by atoms with Gasteiger partial charge in [0, 0.05) is 11.3 Å². The van der Waals surface area contributed by atoms with E-state index in [4.69, 9.17) is 4.52 Å². The lowest BCUT2D eigenvalue weighted by molar-refractivity contribution is -0.140. The number of hydrogen-bond donors (Lipinski definition) is 1. The number of hydrogen-bond acceptors (Lipinski definition) is 6. The minimum atomic E-state index is -0.277. The summed E-state index contributed by atoms with van der Waals surface area (Å²) in [6.45, 7) is 3.64. The predicted molar refractivity (Wildman–Crippen MR) is 68.4 cm³/mol. The van der Waals surface area contributed by atoms with E-state index in [2.05, 4.69) is 15.2 Å². The van der Waals surface area contributed by atoms with Crippen molar-refractivity contribution in [2.24, 2.45) is 0 Å². The van der Waals surface area contributed by atoms with E-state index in [9.17, 15) is 9.59 Å². The molecule has 1 unspecified atom stereocenters. The molecule has 0 aromatic carbocycles. The van der Waals surface area contributed by atoms with Gasteiger partial charge in [-0.15, -0.1) is 11.8 Å². The molecular weight excluding hydrogens is 256 g/mol. The highest BCUT2D eigenvalue weighted by Gasteiger charge is 2.12. The summed E-state index contributed by atoms with van der Waals surface area (Å²) in [6, 6.07) is 1.64. The Balaban J connectivity index is 2.26. The average molecular weight is 272 g/mol. The van der Waals surface area contributed by atoms with Gasteiger partial charge in [0.05, 0.1) is 25.0 Å². The molecule has 0 spiro atoms. The second-order valence-corrected chi connectivity index (χ2v) is 5.21. The smallest absolute Gasteiger partial charge is 0.306 e. The van der Waals surface area contributed by atoms with E-state index >= 15 is 0 Å². The Morgan fingerprint density at radius 2 is 2.33 bits per heavy atom. The summed E-state index contributed by atoms with van der Waals surface area (Å²) >= 11 is 1.38. The number of esters is 1. The first-order valence-corrected chi connectivity index (χ1v) is 6.47. The third-order valence-electron chi connectivity index (χ3n) is 2.07. The van der Waals surface area contributed by atoms with Crippen LogP contribution >= 0.6 is 11.8 Å². The molecule has 0 aliphatic rings. The normalized spacial score (nSPS) is 11.9. The fourth-order valence-corrected chi connectivity index (χ4v) is 1.95. The van der Waals surface area contributed by atoms with E-state index in [1.54, 1.807) is 13.0 Å². The van der Waals surface area contributed by atoms with Gasteiger partial charge in [0.25, 0.3) is 0 Å². The van der Waals surface area contributed by atoms with Gasteiger partial charge in [-0.2, -0.15) is 0 Å². The highest BCUT2D eigenvalue weighted by Crippen LogP contribution is 2.15. The van der Waals surface area contributed by atoms with E-state index in [0.717, 1.165) is 0 Å². The van der Waals surface area contributed by atoms with Gasteiger partial charge in [0.15, 0.2) is 0 Å². The minimum absolute atomic E-state index is 0.0275. The third kappa shape index (κ3) is 5.22. The number of amides is 1. The number of nitrogens with zero attached hydrogens (tertiary/aromatic N) is 1. The molecule has 18 heavy (non-hydrogen) atoms. The van der Waals surface area contributed by atoms with Crippen LogP contribution in [0, 0.1) is 6.92 Å². The lowest BCUT2D eigenvalue weighted by Crippen LogP contribution is -2.17. The fourth-order valence-electron chi connectivity index (χ4n) is 1.19. The molecule has 1 rings (SSSR count). The van der Waals surface area contributed by atoms with Crippen LogP contribution in [-0.2, 0) is 14.3 Å². The topological polar surface area (TPSA) is 81.4 Å². The van der Waals surface area contributed by atoms with Crippen LogP contribution in [0.5, 0.6) is 0 Å². The van der Waals surface area contributed by atoms with E-state index < -0.39 is 0 Å². The van der Waals surface area contributed by atoms with Crippen molar-refractivity contribution in [3.8, 4) is 0 Å². The summed E-state index contributed by atoms with van der Waals surface area (Å²) in [4.78, 5) is 22.5. The molecule has 0 radical (unpaired) electrons. The standard InChI is InChI=1S/C11H16N2O4S/c1-7-4-10(17-13-7)12-9(14)6-18-8(2)5-11(15)16-3/h4,8H,5-6H2,1-3H3,(H,12,14). The van der Waals surface area contributed by atoms with Crippen molar-refractivity contribution in [1.29, 1.82) is 0 Å². The van der Waals surface area contributed by atoms with E-state index in [0.29, 0.717) is 11.6 Å². The number of methoxy groups -OCH3 is 1. The molecule has 1 atom stereocenters. The number of carbonyl (C=O) groups is 2. The van der Waals surface area contributed by atoms with Crippen LogP contribution in [-0.4, -0.2) is 35.1 Å². The van der Waals surface area contributed by atoms with Crippen LogP contribution in [0.1, 0.15) is 19.0 Å². The predicted octanol–water partition coefficient (Wildman–Crippen LogP) is 1.61. The monoisotopic (exact) mass is 272 g/mol. The Morgan fingerprint density at radius 3 is 2.89 bits per heavy atom. The molecule has 100 valence electrons. The number of carbonyl (C=O) groups excluding carboxylic acids is 2. The number of aromatic nitrogens is 1. The Kier molecular flexibility index (Phi) is 5.70. The first-order valence-electron chi connectivity index (χ1n) is 5.43. The SMILES string of the molecule is COC(=O)CC(C)SCC(=O)Nc1cc(C)no1. The summed E-state index contributed by atoms with van der Waals surface area (Å²) < 4.78 is 9.41. The molecule has 7 heteroatoms.